The van der Waals surface area contributed by atoms with Crippen molar-refractivity contribution in [3.63, 3.8) is 0 Å². The number of piperazine rings is 1. The van der Waals surface area contributed by atoms with Crippen LogP contribution in [0.4, 0.5) is 11.5 Å². The van der Waals surface area contributed by atoms with Crippen LogP contribution in [0.1, 0.15) is 11.1 Å². The molecular formula is C26H26N4O2. The van der Waals surface area contributed by atoms with Gasteiger partial charge in [-0.2, -0.15) is 0 Å². The van der Waals surface area contributed by atoms with E-state index in [0.717, 1.165) is 71.0 Å². The Balaban J connectivity index is 1.39. The number of phenolic OH excluding ortho intramolecular Hbond substituents is 2. The maximum Gasteiger partial charge on any atom is 0.147 e. The monoisotopic (exact) mass is 426 g/mol. The third kappa shape index (κ3) is 3.68. The molecule has 0 aliphatic carbocycles. The van der Waals surface area contributed by atoms with Crippen LogP contribution in [0, 0.1) is 13.8 Å². The average molecular weight is 427 g/mol. The van der Waals surface area contributed by atoms with Crippen molar-refractivity contribution in [3.8, 4) is 22.6 Å². The molecule has 0 saturated carbocycles. The smallest absolute Gasteiger partial charge is 0.147 e. The van der Waals surface area contributed by atoms with Crippen molar-refractivity contribution >= 4 is 22.5 Å². The van der Waals surface area contributed by atoms with Crippen molar-refractivity contribution in [2.45, 2.75) is 13.8 Å². The molecule has 2 N–H and O–H groups in total. The van der Waals surface area contributed by atoms with Gasteiger partial charge in [0.1, 0.15) is 17.3 Å². The molecule has 162 valence electrons. The number of aromatic hydroxyl groups is 2. The summed E-state index contributed by atoms with van der Waals surface area (Å²) in [6, 6.07) is 17.6. The van der Waals surface area contributed by atoms with Crippen molar-refractivity contribution in [1.29, 1.82) is 0 Å². The molecule has 5 rings (SSSR count). The van der Waals surface area contributed by atoms with E-state index in [0.29, 0.717) is 11.5 Å². The van der Waals surface area contributed by atoms with E-state index in [1.807, 2.05) is 62.5 Å². The Kier molecular flexibility index (Phi) is 5.05. The van der Waals surface area contributed by atoms with Crippen LogP contribution >= 0.6 is 0 Å². The topological polar surface area (TPSA) is 72.7 Å². The van der Waals surface area contributed by atoms with Gasteiger partial charge >= 0.3 is 0 Å². The Morgan fingerprint density at radius 1 is 0.750 bits per heavy atom. The predicted octanol–water partition coefficient (Wildman–Crippen LogP) is 4.65. The van der Waals surface area contributed by atoms with Crippen LogP contribution in [0.5, 0.6) is 11.5 Å². The maximum absolute atomic E-state index is 10.1. The Morgan fingerprint density at radius 2 is 1.44 bits per heavy atom. The normalized spacial score (nSPS) is 14.2. The Bertz CT molecular complexity index is 1270. The van der Waals surface area contributed by atoms with E-state index < -0.39 is 0 Å². The first-order valence-electron chi connectivity index (χ1n) is 10.8. The second-order valence-electron chi connectivity index (χ2n) is 8.35. The number of phenols is 2. The molecule has 1 saturated heterocycles. The molecule has 0 bridgehead atoms. The van der Waals surface area contributed by atoms with Crippen molar-refractivity contribution in [2.75, 3.05) is 36.0 Å². The zero-order chi connectivity index (χ0) is 22.2. The van der Waals surface area contributed by atoms with Crippen LogP contribution in [0.15, 0.2) is 60.8 Å². The highest BCUT2D eigenvalue weighted by atomic mass is 16.3. The summed E-state index contributed by atoms with van der Waals surface area (Å²) in [5, 5.41) is 20.2. The van der Waals surface area contributed by atoms with Gasteiger partial charge < -0.3 is 20.0 Å². The third-order valence-corrected chi connectivity index (χ3v) is 6.18. The number of aryl methyl sites for hydroxylation is 2. The standard InChI is InChI=1S/C26H26N4O2/c1-17-13-20(14-18(2)26(17)32)19-7-8-21-22(15-19)28-25(16-27-21)30-11-9-29(10-12-30)23-5-3-4-6-24(23)31/h3-8,13-16,31-32H,9-12H2,1-2H3. The third-order valence-electron chi connectivity index (χ3n) is 6.18. The fourth-order valence-corrected chi connectivity index (χ4v) is 4.36. The van der Waals surface area contributed by atoms with E-state index in [2.05, 4.69) is 20.9 Å². The van der Waals surface area contributed by atoms with Crippen LogP contribution < -0.4 is 9.80 Å². The summed E-state index contributed by atoms with van der Waals surface area (Å²) < 4.78 is 0. The van der Waals surface area contributed by atoms with Gasteiger partial charge in [0, 0.05) is 26.2 Å². The fourth-order valence-electron chi connectivity index (χ4n) is 4.36. The second kappa shape index (κ2) is 8.04. The van der Waals surface area contributed by atoms with Gasteiger partial charge in [-0.15, -0.1) is 0 Å². The van der Waals surface area contributed by atoms with E-state index in [-0.39, 0.29) is 0 Å². The number of nitrogens with zero attached hydrogens (tertiary/aromatic N) is 4. The summed E-state index contributed by atoms with van der Waals surface area (Å²) in [6.07, 6.45) is 1.84. The van der Waals surface area contributed by atoms with Gasteiger partial charge in [-0.1, -0.05) is 18.2 Å². The van der Waals surface area contributed by atoms with Crippen LogP contribution in [0.25, 0.3) is 22.2 Å². The number of rotatable bonds is 3. The largest absolute Gasteiger partial charge is 0.507 e. The predicted molar refractivity (Wildman–Crippen MR) is 129 cm³/mol. The lowest BCUT2D eigenvalue weighted by Gasteiger charge is -2.36. The molecule has 0 radical (unpaired) electrons. The molecule has 0 amide bonds. The molecule has 1 aliphatic heterocycles. The number of para-hydroxylation sites is 2. The summed E-state index contributed by atoms with van der Waals surface area (Å²) in [5.74, 6) is 1.53. The minimum Gasteiger partial charge on any atom is -0.507 e. The number of anilines is 2. The molecule has 0 atom stereocenters. The van der Waals surface area contributed by atoms with E-state index in [1.165, 1.54) is 0 Å². The quantitative estimate of drug-likeness (QED) is 0.497. The lowest BCUT2D eigenvalue weighted by atomic mass is 9.99. The first-order valence-corrected chi connectivity index (χ1v) is 10.8. The van der Waals surface area contributed by atoms with Crippen LogP contribution in [0.2, 0.25) is 0 Å². The first-order chi connectivity index (χ1) is 15.5. The van der Waals surface area contributed by atoms with Crippen LogP contribution in [0.3, 0.4) is 0 Å². The number of benzene rings is 3. The molecule has 1 aliphatic rings. The van der Waals surface area contributed by atoms with Crippen LogP contribution in [-0.4, -0.2) is 46.4 Å². The number of aromatic nitrogens is 2. The first kappa shape index (κ1) is 20.1. The van der Waals surface area contributed by atoms with Crippen LogP contribution in [-0.2, 0) is 0 Å². The minimum absolute atomic E-state index is 0.318. The Labute approximate surface area is 187 Å². The molecule has 1 fully saturated rings. The van der Waals surface area contributed by atoms with Crippen molar-refractivity contribution < 1.29 is 10.2 Å². The molecule has 2 heterocycles. The highest BCUT2D eigenvalue weighted by Crippen LogP contribution is 2.31. The molecule has 1 aromatic heterocycles. The molecule has 4 aromatic rings. The maximum atomic E-state index is 10.1. The molecule has 6 nitrogen and oxygen atoms in total. The number of fused-ring (bicyclic) bond motifs is 1. The summed E-state index contributed by atoms with van der Waals surface area (Å²) >= 11 is 0. The zero-order valence-electron chi connectivity index (χ0n) is 18.3. The SMILES string of the molecule is Cc1cc(-c2ccc3ncc(N4CCN(c5ccccc5O)CC4)nc3c2)cc(C)c1O. The highest BCUT2D eigenvalue weighted by molar-refractivity contribution is 5.83. The molecule has 3 aromatic carbocycles. The lowest BCUT2D eigenvalue weighted by molar-refractivity contribution is 0.467. The van der Waals surface area contributed by atoms with Gasteiger partial charge in [0.25, 0.3) is 0 Å². The Morgan fingerprint density at radius 3 is 2.16 bits per heavy atom. The minimum atomic E-state index is 0.318. The fraction of sp³-hybridized carbons (Fsp3) is 0.231. The molecule has 0 unspecified atom stereocenters. The molecule has 0 spiro atoms. The average Bonchev–Trinajstić information content (AvgIpc) is 2.82. The summed E-state index contributed by atoms with van der Waals surface area (Å²) in [7, 11) is 0. The van der Waals surface area contributed by atoms with Crippen molar-refractivity contribution in [3.05, 3.63) is 71.9 Å². The lowest BCUT2D eigenvalue weighted by Crippen LogP contribution is -2.46. The Hall–Kier alpha value is -3.80. The van der Waals surface area contributed by atoms with Gasteiger partial charge in [0.05, 0.1) is 22.9 Å². The molecule has 6 heteroatoms. The summed E-state index contributed by atoms with van der Waals surface area (Å²) in [6.45, 7) is 7.07. The van der Waals surface area contributed by atoms with E-state index in [1.54, 1.807) is 6.07 Å². The van der Waals surface area contributed by atoms with Gasteiger partial charge in [-0.3, -0.25) is 4.98 Å². The van der Waals surface area contributed by atoms with Gasteiger partial charge in [-0.05, 0) is 72.5 Å². The molecular weight excluding hydrogens is 400 g/mol. The van der Waals surface area contributed by atoms with Crippen molar-refractivity contribution in [2.24, 2.45) is 0 Å². The number of hydrogen-bond donors (Lipinski definition) is 2. The summed E-state index contributed by atoms with van der Waals surface area (Å²) in [5.41, 5.74) is 6.43. The van der Waals surface area contributed by atoms with E-state index >= 15 is 0 Å². The van der Waals surface area contributed by atoms with Crippen molar-refractivity contribution in [1.82, 2.24) is 9.97 Å². The van der Waals surface area contributed by atoms with E-state index in [4.69, 9.17) is 4.98 Å². The second-order valence-corrected chi connectivity index (χ2v) is 8.35. The van der Waals surface area contributed by atoms with Gasteiger partial charge in [0.2, 0.25) is 0 Å². The summed E-state index contributed by atoms with van der Waals surface area (Å²) in [4.78, 5) is 14.0. The van der Waals surface area contributed by atoms with E-state index in [9.17, 15) is 10.2 Å². The molecule has 32 heavy (non-hydrogen) atoms. The number of hydrogen-bond acceptors (Lipinski definition) is 6. The highest BCUT2D eigenvalue weighted by Gasteiger charge is 2.20. The zero-order valence-corrected chi connectivity index (χ0v) is 18.3. The van der Waals surface area contributed by atoms with Gasteiger partial charge in [-0.25, -0.2) is 4.98 Å². The van der Waals surface area contributed by atoms with Gasteiger partial charge in [0.15, 0.2) is 0 Å².